The molecule has 4 fully saturated rings. The van der Waals surface area contributed by atoms with Gasteiger partial charge in [-0.3, -0.25) is 4.79 Å². The number of carbonyl (C=O) groups excluding carboxylic acids is 1. The van der Waals surface area contributed by atoms with E-state index < -0.39 is 5.67 Å². The summed E-state index contributed by atoms with van der Waals surface area (Å²) >= 11 is 0. The third kappa shape index (κ3) is 1.76. The minimum Gasteiger partial charge on any atom is -0.473 e. The smallest absolute Gasteiger partial charge is 0.268 e. The predicted octanol–water partition coefficient (Wildman–Crippen LogP) is 2.48. The highest BCUT2D eigenvalue weighted by Crippen LogP contribution is 2.62. The van der Waals surface area contributed by atoms with Crippen LogP contribution in [0.15, 0.2) is 18.3 Å². The van der Waals surface area contributed by atoms with E-state index in [9.17, 15) is 9.18 Å². The van der Waals surface area contributed by atoms with Gasteiger partial charge in [-0.05, 0) is 25.0 Å². The first-order chi connectivity index (χ1) is 10.5. The summed E-state index contributed by atoms with van der Waals surface area (Å²) in [5.41, 5.74) is -0.0992. The number of amides is 1. The van der Waals surface area contributed by atoms with Crippen LogP contribution in [-0.2, 0) is 0 Å². The standard InChI is InChI=1S/C16H16FN3O2/c17-15-6-16(7-15,8-15)20-13(21)11-5-9-3-4-18-14(12(9)19-11)22-10-1-2-10/h3-5,10,19H,1-2,6-8H2,(H,20,21). The molecule has 0 atom stereocenters. The summed E-state index contributed by atoms with van der Waals surface area (Å²) in [5.74, 6) is 0.364. The Morgan fingerprint density at radius 2 is 2.18 bits per heavy atom. The molecule has 0 spiro atoms. The molecule has 6 rings (SSSR count). The molecule has 5 nitrogen and oxygen atoms in total. The molecule has 4 aliphatic carbocycles. The van der Waals surface area contributed by atoms with Crippen molar-refractivity contribution in [1.29, 1.82) is 0 Å². The highest BCUT2D eigenvalue weighted by molar-refractivity contribution is 5.99. The number of fused-ring (bicyclic) bond motifs is 1. The number of pyridine rings is 1. The van der Waals surface area contributed by atoms with Crippen molar-refractivity contribution in [3.63, 3.8) is 0 Å². The molecule has 2 heterocycles. The topological polar surface area (TPSA) is 67.0 Å². The van der Waals surface area contributed by atoms with Gasteiger partial charge in [0, 0.05) is 36.4 Å². The number of halogens is 1. The molecule has 22 heavy (non-hydrogen) atoms. The average molecular weight is 301 g/mol. The third-order valence-electron chi connectivity index (χ3n) is 4.90. The fourth-order valence-electron chi connectivity index (χ4n) is 3.69. The molecule has 2 aromatic heterocycles. The van der Waals surface area contributed by atoms with E-state index >= 15 is 0 Å². The summed E-state index contributed by atoms with van der Waals surface area (Å²) < 4.78 is 19.3. The number of alkyl halides is 1. The van der Waals surface area contributed by atoms with Crippen LogP contribution in [-0.4, -0.2) is 33.2 Å². The number of H-pyrrole nitrogens is 1. The lowest BCUT2D eigenvalue weighted by Gasteiger charge is -2.65. The van der Waals surface area contributed by atoms with Crippen LogP contribution in [0.25, 0.3) is 10.9 Å². The maximum Gasteiger partial charge on any atom is 0.268 e. The monoisotopic (exact) mass is 301 g/mol. The minimum atomic E-state index is -1.01. The molecule has 0 saturated heterocycles. The number of rotatable bonds is 4. The van der Waals surface area contributed by atoms with Crippen LogP contribution in [0.4, 0.5) is 4.39 Å². The number of hydrogen-bond donors (Lipinski definition) is 2. The molecular weight excluding hydrogens is 285 g/mol. The van der Waals surface area contributed by atoms with Crippen LogP contribution in [0.1, 0.15) is 42.6 Å². The quantitative estimate of drug-likeness (QED) is 0.911. The molecule has 4 aliphatic rings. The van der Waals surface area contributed by atoms with Gasteiger partial charge < -0.3 is 15.0 Å². The van der Waals surface area contributed by atoms with Gasteiger partial charge >= 0.3 is 0 Å². The Morgan fingerprint density at radius 1 is 1.41 bits per heavy atom. The first kappa shape index (κ1) is 12.4. The Kier molecular flexibility index (Phi) is 2.15. The van der Waals surface area contributed by atoms with E-state index in [0.29, 0.717) is 30.8 Å². The van der Waals surface area contributed by atoms with Crippen molar-refractivity contribution in [3.8, 4) is 5.88 Å². The average Bonchev–Trinajstić information content (AvgIpc) is 3.11. The van der Waals surface area contributed by atoms with Crippen molar-refractivity contribution in [2.45, 2.75) is 49.4 Å². The van der Waals surface area contributed by atoms with E-state index in [2.05, 4.69) is 15.3 Å². The fraction of sp³-hybridized carbons (Fsp3) is 0.500. The molecule has 2 N–H and O–H groups in total. The van der Waals surface area contributed by atoms with Gasteiger partial charge in [0.1, 0.15) is 23.0 Å². The van der Waals surface area contributed by atoms with Crippen LogP contribution in [0.5, 0.6) is 5.88 Å². The van der Waals surface area contributed by atoms with Gasteiger partial charge in [-0.25, -0.2) is 9.37 Å². The molecular formula is C16H16FN3O2. The molecule has 4 saturated carbocycles. The third-order valence-corrected chi connectivity index (χ3v) is 4.90. The largest absolute Gasteiger partial charge is 0.473 e. The first-order valence-electron chi connectivity index (χ1n) is 7.70. The highest BCUT2D eigenvalue weighted by Gasteiger charge is 2.69. The normalized spacial score (nSPS) is 32.2. The zero-order valence-electron chi connectivity index (χ0n) is 12.0. The SMILES string of the molecule is O=C(NC12CC(F)(C1)C2)c1cc2ccnc(OC3CC3)c2[nH]1. The summed E-state index contributed by atoms with van der Waals surface area (Å²) in [4.78, 5) is 19.7. The molecule has 2 bridgehead atoms. The first-order valence-corrected chi connectivity index (χ1v) is 7.70. The molecule has 0 aromatic carbocycles. The lowest BCUT2D eigenvalue weighted by Crippen LogP contribution is -2.76. The van der Waals surface area contributed by atoms with Gasteiger partial charge in [0.25, 0.3) is 5.91 Å². The number of hydrogen-bond acceptors (Lipinski definition) is 3. The number of aromatic amines is 1. The van der Waals surface area contributed by atoms with Gasteiger partial charge in [-0.1, -0.05) is 0 Å². The Hall–Kier alpha value is -2.11. The summed E-state index contributed by atoms with van der Waals surface area (Å²) in [5, 5.41) is 3.86. The van der Waals surface area contributed by atoms with Gasteiger partial charge in [0.2, 0.25) is 5.88 Å². The second kappa shape index (κ2) is 3.80. The van der Waals surface area contributed by atoms with Gasteiger partial charge in [0.05, 0.1) is 0 Å². The number of carbonyl (C=O) groups is 1. The molecule has 0 aliphatic heterocycles. The Balaban J connectivity index is 1.41. The van der Waals surface area contributed by atoms with Gasteiger partial charge in [-0.15, -0.1) is 0 Å². The lowest BCUT2D eigenvalue weighted by molar-refractivity contribution is -0.162. The zero-order valence-corrected chi connectivity index (χ0v) is 12.0. The summed E-state index contributed by atoms with van der Waals surface area (Å²) in [6.07, 6.45) is 5.39. The van der Waals surface area contributed by atoms with Crippen molar-refractivity contribution >= 4 is 16.8 Å². The van der Waals surface area contributed by atoms with E-state index in [-0.39, 0.29) is 17.6 Å². The van der Waals surface area contributed by atoms with Crippen molar-refractivity contribution in [2.24, 2.45) is 0 Å². The van der Waals surface area contributed by atoms with Crippen LogP contribution in [0.3, 0.4) is 0 Å². The second-order valence-electron chi connectivity index (χ2n) is 7.00. The predicted molar refractivity (Wildman–Crippen MR) is 77.6 cm³/mol. The number of aromatic nitrogens is 2. The molecule has 1 amide bonds. The van der Waals surface area contributed by atoms with Crippen molar-refractivity contribution in [3.05, 3.63) is 24.0 Å². The van der Waals surface area contributed by atoms with Crippen molar-refractivity contribution < 1.29 is 13.9 Å². The summed E-state index contributed by atoms with van der Waals surface area (Å²) in [7, 11) is 0. The molecule has 0 radical (unpaired) electrons. The summed E-state index contributed by atoms with van der Waals surface area (Å²) in [6.45, 7) is 0. The van der Waals surface area contributed by atoms with Crippen LogP contribution < -0.4 is 10.1 Å². The molecule has 114 valence electrons. The van der Waals surface area contributed by atoms with Crippen LogP contribution >= 0.6 is 0 Å². The molecule has 2 aromatic rings. The molecule has 0 unspecified atom stereocenters. The number of nitrogens with zero attached hydrogens (tertiary/aromatic N) is 1. The van der Waals surface area contributed by atoms with Crippen LogP contribution in [0, 0.1) is 0 Å². The van der Waals surface area contributed by atoms with Crippen molar-refractivity contribution in [1.82, 2.24) is 15.3 Å². The van der Waals surface area contributed by atoms with E-state index in [1.54, 1.807) is 12.3 Å². The Bertz CT molecular complexity index is 776. The fourth-order valence-corrected chi connectivity index (χ4v) is 3.69. The van der Waals surface area contributed by atoms with Gasteiger partial charge in [-0.2, -0.15) is 0 Å². The molecule has 6 heteroatoms. The maximum absolute atomic E-state index is 13.5. The minimum absolute atomic E-state index is 0.185. The number of ether oxygens (including phenoxy) is 1. The Labute approximate surface area is 126 Å². The van der Waals surface area contributed by atoms with E-state index in [4.69, 9.17) is 4.74 Å². The van der Waals surface area contributed by atoms with E-state index in [0.717, 1.165) is 23.7 Å². The van der Waals surface area contributed by atoms with Crippen molar-refractivity contribution in [2.75, 3.05) is 0 Å². The highest BCUT2D eigenvalue weighted by atomic mass is 19.1. The Morgan fingerprint density at radius 3 is 2.86 bits per heavy atom. The second-order valence-corrected chi connectivity index (χ2v) is 7.00. The van der Waals surface area contributed by atoms with Gasteiger partial charge in [0.15, 0.2) is 0 Å². The van der Waals surface area contributed by atoms with Crippen LogP contribution in [0.2, 0.25) is 0 Å². The summed E-state index contributed by atoms with van der Waals surface area (Å²) in [6, 6.07) is 3.64. The number of nitrogens with one attached hydrogen (secondary N) is 2. The van der Waals surface area contributed by atoms with E-state index in [1.807, 2.05) is 6.07 Å². The van der Waals surface area contributed by atoms with E-state index in [1.165, 1.54) is 0 Å². The lowest BCUT2D eigenvalue weighted by atomic mass is 9.47. The maximum atomic E-state index is 13.5. The zero-order chi connectivity index (χ0) is 14.9.